The number of carbonyl (C=O) groups is 1. The first-order valence-corrected chi connectivity index (χ1v) is 7.35. The molecule has 0 spiro atoms. The molecule has 4 heteroatoms. The van der Waals surface area contributed by atoms with Gasteiger partial charge in [-0.15, -0.1) is 0 Å². The molecule has 1 saturated heterocycles. The fourth-order valence-electron chi connectivity index (χ4n) is 2.92. The van der Waals surface area contributed by atoms with E-state index in [0.717, 1.165) is 43.5 Å². The minimum Gasteiger partial charge on any atom is -0.380 e. The van der Waals surface area contributed by atoms with Gasteiger partial charge in [-0.25, -0.2) is 0 Å². The van der Waals surface area contributed by atoms with Crippen LogP contribution in [0.15, 0.2) is 24.3 Å². The second kappa shape index (κ2) is 6.86. The van der Waals surface area contributed by atoms with E-state index < -0.39 is 5.54 Å². The highest BCUT2D eigenvalue weighted by molar-refractivity contribution is 5.98. The maximum absolute atomic E-state index is 12.7. The van der Waals surface area contributed by atoms with Crippen LogP contribution in [0.4, 0.5) is 5.69 Å². The number of amides is 1. The van der Waals surface area contributed by atoms with Gasteiger partial charge in [0.1, 0.15) is 0 Å². The first kappa shape index (κ1) is 15.0. The van der Waals surface area contributed by atoms with Crippen LogP contribution in [0.3, 0.4) is 0 Å². The zero-order valence-electron chi connectivity index (χ0n) is 12.4. The molecule has 1 aliphatic heterocycles. The smallest absolute Gasteiger partial charge is 0.244 e. The number of para-hydroxylation sites is 1. The van der Waals surface area contributed by atoms with E-state index in [1.54, 1.807) is 7.11 Å². The quantitative estimate of drug-likeness (QED) is 0.840. The molecule has 4 nitrogen and oxygen atoms in total. The molecule has 20 heavy (non-hydrogen) atoms. The first-order valence-electron chi connectivity index (χ1n) is 7.35. The number of hydrogen-bond acceptors (Lipinski definition) is 3. The van der Waals surface area contributed by atoms with E-state index in [2.05, 4.69) is 17.6 Å². The van der Waals surface area contributed by atoms with Crippen LogP contribution in [0.25, 0.3) is 0 Å². The number of nitrogens with one attached hydrogen (secondary N) is 2. The lowest BCUT2D eigenvalue weighted by Crippen LogP contribution is -2.50. The number of benzene rings is 1. The molecular formula is C16H24N2O2. The summed E-state index contributed by atoms with van der Waals surface area (Å²) in [4.78, 5) is 12.7. The summed E-state index contributed by atoms with van der Waals surface area (Å²) in [5.41, 5.74) is 1.46. The van der Waals surface area contributed by atoms with Gasteiger partial charge in [0, 0.05) is 18.4 Å². The highest BCUT2D eigenvalue weighted by Gasteiger charge is 2.39. The van der Waals surface area contributed by atoms with Gasteiger partial charge in [0.2, 0.25) is 5.91 Å². The summed E-state index contributed by atoms with van der Waals surface area (Å²) in [6.45, 7) is 3.55. The Balaban J connectivity index is 2.14. The third-order valence-electron chi connectivity index (χ3n) is 3.92. The zero-order valence-corrected chi connectivity index (χ0v) is 12.4. The highest BCUT2D eigenvalue weighted by atomic mass is 16.5. The first-order chi connectivity index (χ1) is 9.72. The molecule has 110 valence electrons. The number of carbonyl (C=O) groups excluding carboxylic acids is 1. The lowest BCUT2D eigenvalue weighted by molar-refractivity contribution is -0.122. The van der Waals surface area contributed by atoms with Crippen LogP contribution < -0.4 is 10.6 Å². The molecular weight excluding hydrogens is 252 g/mol. The van der Waals surface area contributed by atoms with Crippen LogP contribution in [0.5, 0.6) is 0 Å². The summed E-state index contributed by atoms with van der Waals surface area (Å²) >= 11 is 0. The van der Waals surface area contributed by atoms with Gasteiger partial charge in [-0.05, 0) is 31.9 Å². The van der Waals surface area contributed by atoms with E-state index >= 15 is 0 Å². The number of rotatable bonds is 6. The summed E-state index contributed by atoms with van der Waals surface area (Å²) in [7, 11) is 1.66. The van der Waals surface area contributed by atoms with Gasteiger partial charge in [-0.2, -0.15) is 0 Å². The van der Waals surface area contributed by atoms with Crippen LogP contribution in [0.1, 0.15) is 38.2 Å². The lowest BCUT2D eigenvalue weighted by Gasteiger charge is -2.28. The van der Waals surface area contributed by atoms with Gasteiger partial charge in [-0.1, -0.05) is 31.5 Å². The molecule has 1 heterocycles. The fourth-order valence-corrected chi connectivity index (χ4v) is 2.92. The van der Waals surface area contributed by atoms with Gasteiger partial charge < -0.3 is 15.4 Å². The maximum atomic E-state index is 12.7. The van der Waals surface area contributed by atoms with E-state index in [0.29, 0.717) is 6.61 Å². The largest absolute Gasteiger partial charge is 0.380 e. The average molecular weight is 276 g/mol. The second-order valence-corrected chi connectivity index (χ2v) is 5.41. The third-order valence-corrected chi connectivity index (χ3v) is 3.92. The van der Waals surface area contributed by atoms with E-state index in [1.165, 1.54) is 0 Å². The lowest BCUT2D eigenvalue weighted by atomic mass is 9.90. The van der Waals surface area contributed by atoms with Gasteiger partial charge in [0.15, 0.2) is 0 Å². The second-order valence-electron chi connectivity index (χ2n) is 5.41. The monoisotopic (exact) mass is 276 g/mol. The Labute approximate surface area is 120 Å². The summed E-state index contributed by atoms with van der Waals surface area (Å²) in [6, 6.07) is 7.80. The van der Waals surface area contributed by atoms with Gasteiger partial charge >= 0.3 is 0 Å². The molecule has 0 aliphatic carbocycles. The van der Waals surface area contributed by atoms with Crippen LogP contribution in [-0.4, -0.2) is 25.1 Å². The molecule has 1 atom stereocenters. The van der Waals surface area contributed by atoms with Crippen molar-refractivity contribution in [1.29, 1.82) is 0 Å². The molecule has 1 aromatic carbocycles. The van der Waals surface area contributed by atoms with Gasteiger partial charge in [0.05, 0.1) is 12.1 Å². The molecule has 1 aliphatic rings. The van der Waals surface area contributed by atoms with E-state index in [-0.39, 0.29) is 5.91 Å². The van der Waals surface area contributed by atoms with Crippen molar-refractivity contribution in [1.82, 2.24) is 5.32 Å². The molecule has 0 saturated carbocycles. The van der Waals surface area contributed by atoms with Gasteiger partial charge in [0.25, 0.3) is 0 Å². The predicted molar refractivity (Wildman–Crippen MR) is 80.7 cm³/mol. The van der Waals surface area contributed by atoms with Crippen molar-refractivity contribution >= 4 is 11.6 Å². The molecule has 1 unspecified atom stereocenters. The van der Waals surface area contributed by atoms with Crippen LogP contribution in [-0.2, 0) is 16.1 Å². The Bertz CT molecular complexity index is 454. The van der Waals surface area contributed by atoms with Crippen LogP contribution in [0, 0.1) is 0 Å². The Kier molecular flexibility index (Phi) is 5.15. The molecule has 0 aromatic heterocycles. The van der Waals surface area contributed by atoms with Gasteiger partial charge in [-0.3, -0.25) is 4.79 Å². The summed E-state index contributed by atoms with van der Waals surface area (Å²) < 4.78 is 5.18. The summed E-state index contributed by atoms with van der Waals surface area (Å²) in [5, 5.41) is 6.48. The number of methoxy groups -OCH3 is 1. The van der Waals surface area contributed by atoms with Crippen molar-refractivity contribution in [3.63, 3.8) is 0 Å². The van der Waals surface area contributed by atoms with E-state index in [9.17, 15) is 4.79 Å². The average Bonchev–Trinajstić information content (AvgIpc) is 2.91. The Morgan fingerprint density at radius 2 is 2.25 bits per heavy atom. The Morgan fingerprint density at radius 1 is 1.45 bits per heavy atom. The van der Waals surface area contributed by atoms with Crippen molar-refractivity contribution in [3.8, 4) is 0 Å². The maximum Gasteiger partial charge on any atom is 0.244 e. The van der Waals surface area contributed by atoms with Crippen molar-refractivity contribution in [2.24, 2.45) is 0 Å². The number of hydrogen-bond donors (Lipinski definition) is 2. The standard InChI is InChI=1S/C16H24N2O2/c1-3-9-16(10-6-11-17-16)15(19)18-14-8-5-4-7-13(14)12-20-2/h4-5,7-8,17H,3,6,9-12H2,1-2H3,(H,18,19). The third kappa shape index (κ3) is 3.19. The van der Waals surface area contributed by atoms with Crippen molar-refractivity contribution in [3.05, 3.63) is 29.8 Å². The number of anilines is 1. The topological polar surface area (TPSA) is 50.4 Å². The minimum absolute atomic E-state index is 0.0837. The number of ether oxygens (including phenoxy) is 1. The highest BCUT2D eigenvalue weighted by Crippen LogP contribution is 2.27. The molecule has 0 radical (unpaired) electrons. The molecule has 1 fully saturated rings. The zero-order chi connectivity index (χ0) is 14.4. The Morgan fingerprint density at radius 3 is 2.90 bits per heavy atom. The Hall–Kier alpha value is -1.39. The normalized spacial score (nSPS) is 21.9. The predicted octanol–water partition coefficient (Wildman–Crippen LogP) is 2.69. The summed E-state index contributed by atoms with van der Waals surface area (Å²) in [6.07, 6.45) is 3.86. The molecule has 0 bridgehead atoms. The molecule has 1 amide bonds. The molecule has 2 N–H and O–H groups in total. The van der Waals surface area contributed by atoms with Crippen molar-refractivity contribution in [2.45, 2.75) is 44.8 Å². The van der Waals surface area contributed by atoms with E-state index in [4.69, 9.17) is 4.74 Å². The summed E-state index contributed by atoms with van der Waals surface area (Å²) in [5.74, 6) is 0.0837. The van der Waals surface area contributed by atoms with Crippen molar-refractivity contribution < 1.29 is 9.53 Å². The van der Waals surface area contributed by atoms with Crippen LogP contribution >= 0.6 is 0 Å². The minimum atomic E-state index is -0.394. The van der Waals surface area contributed by atoms with Crippen LogP contribution in [0.2, 0.25) is 0 Å². The molecule has 1 aromatic rings. The SMILES string of the molecule is CCCC1(C(=O)Nc2ccccc2COC)CCCN1. The van der Waals surface area contributed by atoms with Crippen molar-refractivity contribution in [2.75, 3.05) is 19.0 Å². The molecule has 2 rings (SSSR count). The fraction of sp³-hybridized carbons (Fsp3) is 0.562. The van der Waals surface area contributed by atoms with E-state index in [1.807, 2.05) is 24.3 Å².